The van der Waals surface area contributed by atoms with Crippen LogP contribution in [0.2, 0.25) is 0 Å². The van der Waals surface area contributed by atoms with Gasteiger partial charge in [0.25, 0.3) is 0 Å². The molecule has 0 aliphatic rings. The van der Waals surface area contributed by atoms with Crippen LogP contribution in [0.4, 0.5) is 0 Å². The van der Waals surface area contributed by atoms with Gasteiger partial charge in [-0.1, -0.05) is 12.1 Å². The second kappa shape index (κ2) is 9.61. The molecule has 10 heteroatoms. The molecule has 0 spiro atoms. The zero-order valence-electron chi connectivity index (χ0n) is 18.6. The maximum Gasteiger partial charge on any atom is 0.192 e. The van der Waals surface area contributed by atoms with Gasteiger partial charge in [-0.2, -0.15) is 5.10 Å². The molecule has 0 amide bonds. The zero-order valence-corrected chi connectivity index (χ0v) is 18.6. The first-order chi connectivity index (χ1) is 14.8. The summed E-state index contributed by atoms with van der Waals surface area (Å²) in [5.74, 6) is 2.98. The molecule has 3 aromatic rings. The number of aryl methyl sites for hydroxylation is 2. The molecule has 3 rings (SSSR count). The van der Waals surface area contributed by atoms with Crippen LogP contribution in [0.25, 0.3) is 0 Å². The lowest BCUT2D eigenvalue weighted by molar-refractivity contribution is 0.0616. The quantitative estimate of drug-likeness (QED) is 0.364. The Labute approximate surface area is 182 Å². The molecule has 166 valence electrons. The minimum atomic E-state index is -1.11. The van der Waals surface area contributed by atoms with Crippen LogP contribution in [0, 0.1) is 6.92 Å². The van der Waals surface area contributed by atoms with Crippen LogP contribution < -0.4 is 15.4 Å². The number of guanidine groups is 1. The number of nitrogens with one attached hydrogen (secondary N) is 2. The second-order valence-electron chi connectivity index (χ2n) is 7.62. The van der Waals surface area contributed by atoms with Gasteiger partial charge in [-0.25, -0.2) is 4.99 Å². The number of rotatable bonds is 8. The third-order valence-electron chi connectivity index (χ3n) is 5.10. The van der Waals surface area contributed by atoms with E-state index in [-0.39, 0.29) is 6.54 Å². The number of aromatic nitrogens is 5. The number of ether oxygens (including phenoxy) is 1. The number of nitrogens with zero attached hydrogens (tertiary/aromatic N) is 6. The molecule has 10 nitrogen and oxygen atoms in total. The van der Waals surface area contributed by atoms with Crippen molar-refractivity contribution in [1.82, 2.24) is 35.2 Å². The van der Waals surface area contributed by atoms with E-state index in [0.717, 1.165) is 28.5 Å². The number of methoxy groups -OCH3 is 1. The van der Waals surface area contributed by atoms with E-state index in [4.69, 9.17) is 4.74 Å². The van der Waals surface area contributed by atoms with Gasteiger partial charge in [0.05, 0.1) is 32.9 Å². The Hall–Kier alpha value is -3.40. The largest absolute Gasteiger partial charge is 0.497 e. The van der Waals surface area contributed by atoms with Gasteiger partial charge in [0.2, 0.25) is 0 Å². The predicted octanol–water partition coefficient (Wildman–Crippen LogP) is 1.01. The van der Waals surface area contributed by atoms with Gasteiger partial charge in [-0.3, -0.25) is 4.68 Å². The average molecular weight is 427 g/mol. The third-order valence-corrected chi connectivity index (χ3v) is 5.10. The van der Waals surface area contributed by atoms with E-state index >= 15 is 0 Å². The molecule has 0 saturated heterocycles. The van der Waals surface area contributed by atoms with Crippen molar-refractivity contribution in [3.8, 4) is 5.75 Å². The van der Waals surface area contributed by atoms with E-state index in [2.05, 4.69) is 30.9 Å². The van der Waals surface area contributed by atoms with Crippen LogP contribution in [0.15, 0.2) is 41.7 Å². The Morgan fingerprint density at radius 2 is 1.94 bits per heavy atom. The second-order valence-corrected chi connectivity index (χ2v) is 7.62. The number of hydrogen-bond donors (Lipinski definition) is 3. The van der Waals surface area contributed by atoms with Crippen LogP contribution in [-0.4, -0.2) is 49.3 Å². The molecule has 1 aromatic carbocycles. The maximum atomic E-state index is 10.9. The van der Waals surface area contributed by atoms with Crippen LogP contribution in [0.1, 0.15) is 29.7 Å². The van der Waals surface area contributed by atoms with Gasteiger partial charge in [0, 0.05) is 25.9 Å². The Kier molecular flexibility index (Phi) is 6.91. The first-order valence-corrected chi connectivity index (χ1v) is 10.00. The summed E-state index contributed by atoms with van der Waals surface area (Å²) in [4.78, 5) is 4.67. The van der Waals surface area contributed by atoms with Gasteiger partial charge in [0.15, 0.2) is 11.8 Å². The summed E-state index contributed by atoms with van der Waals surface area (Å²) in [6.45, 7) is 4.81. The predicted molar refractivity (Wildman–Crippen MR) is 117 cm³/mol. The molecule has 0 fully saturated rings. The molecule has 0 bridgehead atoms. The van der Waals surface area contributed by atoms with Crippen LogP contribution in [0.5, 0.6) is 5.75 Å². The Balaban J connectivity index is 1.71. The van der Waals surface area contributed by atoms with E-state index in [1.165, 1.54) is 0 Å². The Bertz CT molecular complexity index is 1020. The number of hydrogen-bond acceptors (Lipinski definition) is 6. The standard InChI is InChI=1S/C21H30N8O2/c1-15-26-27-19(29(15)4)12-23-20(22-10-16-6-8-18(31-5)9-7-16)24-14-21(2,30)17-11-25-28(3)13-17/h6-9,11,13,30H,10,12,14H2,1-5H3,(H2,22,23,24). The first-order valence-electron chi connectivity index (χ1n) is 10.00. The molecule has 2 aromatic heterocycles. The van der Waals surface area contributed by atoms with Crippen molar-refractivity contribution in [3.05, 3.63) is 59.4 Å². The van der Waals surface area contributed by atoms with E-state index in [1.54, 1.807) is 31.1 Å². The summed E-state index contributed by atoms with van der Waals surface area (Å²) in [6, 6.07) is 7.75. The maximum absolute atomic E-state index is 10.9. The van der Waals surface area contributed by atoms with Crippen LogP contribution in [0.3, 0.4) is 0 Å². The highest BCUT2D eigenvalue weighted by Gasteiger charge is 2.25. The number of aliphatic hydroxyl groups is 1. The first kappa shape index (κ1) is 22.3. The summed E-state index contributed by atoms with van der Waals surface area (Å²) >= 11 is 0. The van der Waals surface area contributed by atoms with Crippen molar-refractivity contribution in [2.75, 3.05) is 13.7 Å². The zero-order chi connectivity index (χ0) is 22.4. The van der Waals surface area contributed by atoms with Gasteiger partial charge in [0.1, 0.15) is 17.2 Å². The number of benzene rings is 1. The Morgan fingerprint density at radius 1 is 1.19 bits per heavy atom. The molecule has 0 aliphatic carbocycles. The fourth-order valence-corrected chi connectivity index (χ4v) is 2.90. The molecular formula is C21H30N8O2. The van der Waals surface area contributed by atoms with Gasteiger partial charge < -0.3 is 25.0 Å². The molecule has 31 heavy (non-hydrogen) atoms. The van der Waals surface area contributed by atoms with E-state index in [1.807, 2.05) is 49.9 Å². The summed E-state index contributed by atoms with van der Waals surface area (Å²) in [5, 5.41) is 29.8. The highest BCUT2D eigenvalue weighted by atomic mass is 16.5. The molecule has 1 unspecified atom stereocenters. The molecular weight excluding hydrogens is 396 g/mol. The van der Waals surface area contributed by atoms with E-state index in [0.29, 0.717) is 19.0 Å². The van der Waals surface area contributed by atoms with Gasteiger partial charge in [-0.15, -0.1) is 10.2 Å². The molecule has 3 N–H and O–H groups in total. The van der Waals surface area contributed by atoms with Crippen molar-refractivity contribution in [1.29, 1.82) is 0 Å². The van der Waals surface area contributed by atoms with E-state index < -0.39 is 5.60 Å². The van der Waals surface area contributed by atoms with Gasteiger partial charge >= 0.3 is 0 Å². The topological polar surface area (TPSA) is 114 Å². The highest BCUT2D eigenvalue weighted by Crippen LogP contribution is 2.18. The minimum Gasteiger partial charge on any atom is -0.497 e. The molecule has 1 atom stereocenters. The fraction of sp³-hybridized carbons (Fsp3) is 0.429. The molecule has 0 aliphatic heterocycles. The molecule has 0 radical (unpaired) electrons. The van der Waals surface area contributed by atoms with Crippen molar-refractivity contribution >= 4 is 5.96 Å². The smallest absolute Gasteiger partial charge is 0.192 e. The SMILES string of the molecule is COc1ccc(CN=C(NCc2nnc(C)n2C)NCC(C)(O)c2cnn(C)c2)cc1. The Morgan fingerprint density at radius 3 is 2.52 bits per heavy atom. The minimum absolute atomic E-state index is 0.255. The fourth-order valence-electron chi connectivity index (χ4n) is 2.90. The normalized spacial score (nSPS) is 13.7. The summed E-state index contributed by atoms with van der Waals surface area (Å²) in [7, 11) is 5.38. The summed E-state index contributed by atoms with van der Waals surface area (Å²) in [5.41, 5.74) is 0.648. The van der Waals surface area contributed by atoms with Crippen molar-refractivity contribution in [2.24, 2.45) is 19.1 Å². The highest BCUT2D eigenvalue weighted by molar-refractivity contribution is 5.79. The van der Waals surface area contributed by atoms with E-state index in [9.17, 15) is 5.11 Å². The van der Waals surface area contributed by atoms with Crippen LogP contribution >= 0.6 is 0 Å². The van der Waals surface area contributed by atoms with Crippen molar-refractivity contribution < 1.29 is 9.84 Å². The van der Waals surface area contributed by atoms with Crippen molar-refractivity contribution in [3.63, 3.8) is 0 Å². The monoisotopic (exact) mass is 426 g/mol. The third kappa shape index (κ3) is 5.82. The lowest BCUT2D eigenvalue weighted by Gasteiger charge is -2.24. The lowest BCUT2D eigenvalue weighted by atomic mass is 10.00. The molecule has 2 heterocycles. The number of aliphatic imine (C=N–C) groups is 1. The van der Waals surface area contributed by atoms with Crippen molar-refractivity contribution in [2.45, 2.75) is 32.5 Å². The molecule has 0 saturated carbocycles. The average Bonchev–Trinajstić information content (AvgIpc) is 3.34. The lowest BCUT2D eigenvalue weighted by Crippen LogP contribution is -2.44. The summed E-state index contributed by atoms with van der Waals surface area (Å²) in [6.07, 6.45) is 3.46. The van der Waals surface area contributed by atoms with Crippen LogP contribution in [-0.2, 0) is 32.8 Å². The summed E-state index contributed by atoms with van der Waals surface area (Å²) < 4.78 is 8.79. The van der Waals surface area contributed by atoms with Gasteiger partial charge in [-0.05, 0) is 31.5 Å².